The summed E-state index contributed by atoms with van der Waals surface area (Å²) in [4.78, 5) is 12.0. The monoisotopic (exact) mass is 266 g/mol. The Kier molecular flexibility index (Phi) is 5.18. The van der Waals surface area contributed by atoms with E-state index in [9.17, 15) is 9.90 Å². The van der Waals surface area contributed by atoms with Gasteiger partial charge in [-0.1, -0.05) is 19.4 Å². The van der Waals surface area contributed by atoms with Crippen molar-refractivity contribution >= 4 is 11.6 Å². The molecule has 1 atom stereocenters. The highest BCUT2D eigenvalue weighted by Gasteiger charge is 2.21. The Balaban J connectivity index is 2.74. The molecular formula is C14H22N2O3. The number of hydrogen-bond donors (Lipinski definition) is 3. The quantitative estimate of drug-likeness (QED) is 0.682. The van der Waals surface area contributed by atoms with E-state index >= 15 is 0 Å². The summed E-state index contributed by atoms with van der Waals surface area (Å²) >= 11 is 0. The fourth-order valence-electron chi connectivity index (χ4n) is 1.91. The number of benzene rings is 1. The van der Waals surface area contributed by atoms with Crippen LogP contribution in [-0.4, -0.2) is 30.3 Å². The van der Waals surface area contributed by atoms with Gasteiger partial charge in [0.05, 0.1) is 24.0 Å². The van der Waals surface area contributed by atoms with Crippen LogP contribution in [0.2, 0.25) is 0 Å². The van der Waals surface area contributed by atoms with Gasteiger partial charge in [0.2, 0.25) is 0 Å². The predicted octanol–water partition coefficient (Wildman–Crippen LogP) is 1.56. The molecule has 1 rings (SSSR count). The van der Waals surface area contributed by atoms with Gasteiger partial charge in [-0.2, -0.15) is 0 Å². The molecule has 5 heteroatoms. The van der Waals surface area contributed by atoms with Crippen LogP contribution >= 0.6 is 0 Å². The van der Waals surface area contributed by atoms with E-state index in [1.807, 2.05) is 6.92 Å². The molecule has 0 radical (unpaired) electrons. The number of carbonyl (C=O) groups excluding carboxylic acids is 1. The Hall–Kier alpha value is -1.75. The van der Waals surface area contributed by atoms with Crippen molar-refractivity contribution in [3.8, 4) is 5.75 Å². The second-order valence-electron chi connectivity index (χ2n) is 4.85. The number of anilines is 1. The minimum atomic E-state index is -0.905. The third-order valence-electron chi connectivity index (χ3n) is 2.95. The number of methoxy groups -OCH3 is 1. The Bertz CT molecular complexity index is 444. The summed E-state index contributed by atoms with van der Waals surface area (Å²) in [5.74, 6) is 0.153. The Morgan fingerprint density at radius 1 is 1.53 bits per heavy atom. The number of para-hydroxylation sites is 1. The number of amides is 1. The van der Waals surface area contributed by atoms with E-state index in [0.29, 0.717) is 23.4 Å². The van der Waals surface area contributed by atoms with Crippen LogP contribution in [0.15, 0.2) is 18.2 Å². The standard InChI is InChI=1S/C14H22N2O3/c1-4-8-14(2,18)9-16-13(17)10-6-5-7-11(19-3)12(10)15/h5-7,18H,4,8-9,15H2,1-3H3,(H,16,17). The van der Waals surface area contributed by atoms with Crippen molar-refractivity contribution in [2.24, 2.45) is 0 Å². The molecule has 0 aromatic heterocycles. The molecule has 5 nitrogen and oxygen atoms in total. The maximum Gasteiger partial charge on any atom is 0.253 e. The van der Waals surface area contributed by atoms with Crippen LogP contribution in [0.25, 0.3) is 0 Å². The predicted molar refractivity (Wildman–Crippen MR) is 75.3 cm³/mol. The zero-order valence-corrected chi connectivity index (χ0v) is 11.7. The highest BCUT2D eigenvalue weighted by molar-refractivity contribution is 6.00. The molecule has 0 aliphatic heterocycles. The molecule has 0 saturated heterocycles. The highest BCUT2D eigenvalue weighted by Crippen LogP contribution is 2.24. The molecule has 1 unspecified atom stereocenters. The molecule has 19 heavy (non-hydrogen) atoms. The van der Waals surface area contributed by atoms with Gasteiger partial charge in [0.15, 0.2) is 0 Å². The van der Waals surface area contributed by atoms with Crippen LogP contribution in [-0.2, 0) is 0 Å². The van der Waals surface area contributed by atoms with Gasteiger partial charge in [0.25, 0.3) is 5.91 Å². The molecule has 0 heterocycles. The van der Waals surface area contributed by atoms with Crippen LogP contribution < -0.4 is 15.8 Å². The number of nitrogen functional groups attached to an aromatic ring is 1. The molecule has 4 N–H and O–H groups in total. The molecule has 1 aromatic rings. The van der Waals surface area contributed by atoms with E-state index < -0.39 is 5.60 Å². The van der Waals surface area contributed by atoms with Crippen LogP contribution in [0.5, 0.6) is 5.75 Å². The van der Waals surface area contributed by atoms with E-state index in [1.165, 1.54) is 7.11 Å². The Morgan fingerprint density at radius 3 is 2.79 bits per heavy atom. The van der Waals surface area contributed by atoms with Crippen LogP contribution in [0.4, 0.5) is 5.69 Å². The van der Waals surface area contributed by atoms with E-state index in [0.717, 1.165) is 6.42 Å². The summed E-state index contributed by atoms with van der Waals surface area (Å²) in [6.45, 7) is 3.87. The average molecular weight is 266 g/mol. The van der Waals surface area contributed by atoms with E-state index in [1.54, 1.807) is 25.1 Å². The molecular weight excluding hydrogens is 244 g/mol. The lowest BCUT2D eigenvalue weighted by molar-refractivity contribution is 0.0470. The lowest BCUT2D eigenvalue weighted by Gasteiger charge is -2.23. The fraction of sp³-hybridized carbons (Fsp3) is 0.500. The first-order valence-electron chi connectivity index (χ1n) is 6.34. The molecule has 0 aliphatic rings. The van der Waals surface area contributed by atoms with Crippen LogP contribution in [0.1, 0.15) is 37.0 Å². The van der Waals surface area contributed by atoms with Gasteiger partial charge in [-0.25, -0.2) is 0 Å². The SMILES string of the molecule is CCCC(C)(O)CNC(=O)c1cccc(OC)c1N. The average Bonchev–Trinajstić information content (AvgIpc) is 2.36. The van der Waals surface area contributed by atoms with Crippen molar-refractivity contribution in [2.75, 3.05) is 19.4 Å². The summed E-state index contributed by atoms with van der Waals surface area (Å²) < 4.78 is 5.07. The molecule has 0 saturated carbocycles. The summed E-state index contributed by atoms with van der Waals surface area (Å²) in [6, 6.07) is 5.02. The second-order valence-corrected chi connectivity index (χ2v) is 4.85. The molecule has 0 spiro atoms. The van der Waals surface area contributed by atoms with Gasteiger partial charge in [0, 0.05) is 6.54 Å². The van der Waals surface area contributed by atoms with Gasteiger partial charge >= 0.3 is 0 Å². The fourth-order valence-corrected chi connectivity index (χ4v) is 1.91. The first-order valence-corrected chi connectivity index (χ1v) is 6.34. The summed E-state index contributed by atoms with van der Waals surface area (Å²) in [7, 11) is 1.50. The molecule has 0 aliphatic carbocycles. The number of nitrogens with one attached hydrogen (secondary N) is 1. The van der Waals surface area contributed by atoms with E-state index in [2.05, 4.69) is 5.32 Å². The molecule has 0 fully saturated rings. The summed E-state index contributed by atoms with van der Waals surface area (Å²) in [5.41, 5.74) is 5.60. The highest BCUT2D eigenvalue weighted by atomic mass is 16.5. The van der Waals surface area contributed by atoms with Gasteiger partial charge in [-0.05, 0) is 25.5 Å². The van der Waals surface area contributed by atoms with Crippen molar-refractivity contribution in [1.82, 2.24) is 5.32 Å². The molecule has 0 bridgehead atoms. The second kappa shape index (κ2) is 6.43. The molecule has 1 aromatic carbocycles. The van der Waals surface area contributed by atoms with Crippen molar-refractivity contribution < 1.29 is 14.6 Å². The normalized spacial score (nSPS) is 13.7. The maximum atomic E-state index is 12.0. The number of hydrogen-bond acceptors (Lipinski definition) is 4. The van der Waals surface area contributed by atoms with Crippen molar-refractivity contribution in [3.05, 3.63) is 23.8 Å². The smallest absolute Gasteiger partial charge is 0.253 e. The Morgan fingerprint density at radius 2 is 2.21 bits per heavy atom. The maximum absolute atomic E-state index is 12.0. The third-order valence-corrected chi connectivity index (χ3v) is 2.95. The number of ether oxygens (including phenoxy) is 1. The lowest BCUT2D eigenvalue weighted by atomic mass is 10.0. The van der Waals surface area contributed by atoms with Crippen molar-refractivity contribution in [1.29, 1.82) is 0 Å². The number of rotatable bonds is 6. The minimum absolute atomic E-state index is 0.191. The molecule has 106 valence electrons. The van der Waals surface area contributed by atoms with Crippen molar-refractivity contribution in [2.45, 2.75) is 32.3 Å². The van der Waals surface area contributed by atoms with Gasteiger partial charge in [-0.15, -0.1) is 0 Å². The number of carbonyl (C=O) groups is 1. The largest absolute Gasteiger partial charge is 0.495 e. The minimum Gasteiger partial charge on any atom is -0.495 e. The van der Waals surface area contributed by atoms with E-state index in [4.69, 9.17) is 10.5 Å². The zero-order valence-electron chi connectivity index (χ0n) is 11.7. The Labute approximate surface area is 113 Å². The van der Waals surface area contributed by atoms with Gasteiger partial charge < -0.3 is 20.9 Å². The third kappa shape index (κ3) is 4.13. The topological polar surface area (TPSA) is 84.6 Å². The summed E-state index contributed by atoms with van der Waals surface area (Å²) in [5, 5.41) is 12.7. The van der Waals surface area contributed by atoms with Crippen LogP contribution in [0.3, 0.4) is 0 Å². The lowest BCUT2D eigenvalue weighted by Crippen LogP contribution is -2.40. The van der Waals surface area contributed by atoms with E-state index in [-0.39, 0.29) is 12.5 Å². The first kappa shape index (κ1) is 15.3. The van der Waals surface area contributed by atoms with Crippen molar-refractivity contribution in [3.63, 3.8) is 0 Å². The van der Waals surface area contributed by atoms with Crippen LogP contribution in [0, 0.1) is 0 Å². The van der Waals surface area contributed by atoms with Gasteiger partial charge in [0.1, 0.15) is 5.75 Å². The number of nitrogens with two attached hydrogens (primary N) is 1. The van der Waals surface area contributed by atoms with Gasteiger partial charge in [-0.3, -0.25) is 4.79 Å². The first-order chi connectivity index (χ1) is 8.91. The summed E-state index contributed by atoms with van der Waals surface area (Å²) in [6.07, 6.45) is 1.48. The number of aliphatic hydroxyl groups is 1. The molecule has 1 amide bonds. The zero-order chi connectivity index (χ0) is 14.5.